The van der Waals surface area contributed by atoms with Crippen LogP contribution in [-0.2, 0) is 13.1 Å². The quantitative estimate of drug-likeness (QED) is 0.433. The molecule has 1 amide bonds. The number of ether oxygens (including phenoxy) is 1. The largest absolute Gasteiger partial charge is 0.493 e. The molecule has 0 radical (unpaired) electrons. The molecule has 0 bridgehead atoms. The molecule has 0 spiro atoms. The van der Waals surface area contributed by atoms with E-state index in [1.54, 1.807) is 24.5 Å². The third kappa shape index (κ3) is 4.91. The number of para-hydroxylation sites is 2. The lowest BCUT2D eigenvalue weighted by atomic mass is 10.1. The van der Waals surface area contributed by atoms with Crippen LogP contribution in [0.2, 0.25) is 0 Å². The Labute approximate surface area is 181 Å². The number of hydrogen-bond donors (Lipinski definition) is 1. The SMILES string of the molecule is Cc1ccc(C)c(OCCCn2c(CNC(=O)c3ccncc3)nc3ccccc32)c1. The number of pyridine rings is 1. The van der Waals surface area contributed by atoms with Gasteiger partial charge in [0.2, 0.25) is 0 Å². The summed E-state index contributed by atoms with van der Waals surface area (Å²) in [5.74, 6) is 1.62. The lowest BCUT2D eigenvalue weighted by Crippen LogP contribution is -2.25. The zero-order valence-corrected chi connectivity index (χ0v) is 17.8. The third-order valence-electron chi connectivity index (χ3n) is 5.21. The predicted molar refractivity (Wildman–Crippen MR) is 121 cm³/mol. The van der Waals surface area contributed by atoms with Crippen molar-refractivity contribution >= 4 is 16.9 Å². The minimum absolute atomic E-state index is 0.140. The van der Waals surface area contributed by atoms with E-state index >= 15 is 0 Å². The second-order valence-electron chi connectivity index (χ2n) is 7.56. The van der Waals surface area contributed by atoms with Gasteiger partial charge >= 0.3 is 0 Å². The number of carbonyl (C=O) groups is 1. The van der Waals surface area contributed by atoms with Crippen molar-refractivity contribution in [1.29, 1.82) is 0 Å². The summed E-state index contributed by atoms with van der Waals surface area (Å²) < 4.78 is 8.18. The van der Waals surface area contributed by atoms with Gasteiger partial charge in [0.05, 0.1) is 24.2 Å². The van der Waals surface area contributed by atoms with Gasteiger partial charge < -0.3 is 14.6 Å². The van der Waals surface area contributed by atoms with Gasteiger partial charge in [-0.2, -0.15) is 0 Å². The first kappa shape index (κ1) is 20.6. The molecular weight excluding hydrogens is 388 g/mol. The number of nitrogens with one attached hydrogen (secondary N) is 1. The van der Waals surface area contributed by atoms with Crippen molar-refractivity contribution in [1.82, 2.24) is 19.9 Å². The van der Waals surface area contributed by atoms with Crippen LogP contribution in [0, 0.1) is 13.8 Å². The number of benzene rings is 2. The maximum Gasteiger partial charge on any atom is 0.251 e. The first-order valence-electron chi connectivity index (χ1n) is 10.4. The molecule has 6 nitrogen and oxygen atoms in total. The van der Waals surface area contributed by atoms with E-state index < -0.39 is 0 Å². The van der Waals surface area contributed by atoms with Crippen molar-refractivity contribution in [2.24, 2.45) is 0 Å². The Morgan fingerprint density at radius 3 is 2.71 bits per heavy atom. The normalized spacial score (nSPS) is 10.9. The summed E-state index contributed by atoms with van der Waals surface area (Å²) in [6, 6.07) is 17.7. The van der Waals surface area contributed by atoms with Crippen LogP contribution >= 0.6 is 0 Å². The van der Waals surface area contributed by atoms with Crippen molar-refractivity contribution in [2.45, 2.75) is 33.4 Å². The summed E-state index contributed by atoms with van der Waals surface area (Å²) in [4.78, 5) is 21.1. The van der Waals surface area contributed by atoms with Gasteiger partial charge in [-0.25, -0.2) is 4.98 Å². The van der Waals surface area contributed by atoms with E-state index in [9.17, 15) is 4.79 Å². The molecule has 0 aliphatic heterocycles. The Balaban J connectivity index is 1.43. The first-order chi connectivity index (χ1) is 15.1. The summed E-state index contributed by atoms with van der Waals surface area (Å²) in [5, 5.41) is 2.97. The molecular formula is C25H26N4O2. The smallest absolute Gasteiger partial charge is 0.251 e. The van der Waals surface area contributed by atoms with Gasteiger partial charge in [-0.15, -0.1) is 0 Å². The van der Waals surface area contributed by atoms with Crippen LogP contribution < -0.4 is 10.1 Å². The number of fused-ring (bicyclic) bond motifs is 1. The Bertz CT molecular complexity index is 1180. The molecule has 0 atom stereocenters. The van der Waals surface area contributed by atoms with E-state index in [0.29, 0.717) is 18.7 Å². The molecule has 0 aliphatic rings. The average molecular weight is 415 g/mol. The maximum absolute atomic E-state index is 12.4. The van der Waals surface area contributed by atoms with Crippen LogP contribution in [0.4, 0.5) is 0 Å². The Kier molecular flexibility index (Phi) is 6.26. The van der Waals surface area contributed by atoms with Crippen LogP contribution in [-0.4, -0.2) is 27.0 Å². The molecule has 0 fully saturated rings. The molecule has 2 aromatic carbocycles. The van der Waals surface area contributed by atoms with Crippen molar-refractivity contribution < 1.29 is 9.53 Å². The van der Waals surface area contributed by atoms with E-state index in [2.05, 4.69) is 53.0 Å². The van der Waals surface area contributed by atoms with Crippen molar-refractivity contribution in [3.63, 3.8) is 0 Å². The minimum atomic E-state index is -0.140. The van der Waals surface area contributed by atoms with E-state index in [1.165, 1.54) is 5.56 Å². The molecule has 0 aliphatic carbocycles. The fourth-order valence-corrected chi connectivity index (χ4v) is 3.54. The lowest BCUT2D eigenvalue weighted by Gasteiger charge is -2.12. The highest BCUT2D eigenvalue weighted by Gasteiger charge is 2.12. The Morgan fingerprint density at radius 2 is 1.87 bits per heavy atom. The Hall–Kier alpha value is -3.67. The van der Waals surface area contributed by atoms with Gasteiger partial charge in [0.25, 0.3) is 5.91 Å². The monoisotopic (exact) mass is 414 g/mol. The number of aryl methyl sites for hydroxylation is 3. The van der Waals surface area contributed by atoms with E-state index in [1.807, 2.05) is 18.2 Å². The van der Waals surface area contributed by atoms with E-state index in [-0.39, 0.29) is 5.91 Å². The maximum atomic E-state index is 12.4. The average Bonchev–Trinajstić information content (AvgIpc) is 3.15. The predicted octanol–water partition coefficient (Wildman–Crippen LogP) is 4.45. The second kappa shape index (κ2) is 9.43. The molecule has 1 N–H and O–H groups in total. The van der Waals surface area contributed by atoms with Gasteiger partial charge in [-0.05, 0) is 61.7 Å². The van der Waals surface area contributed by atoms with Crippen molar-refractivity contribution in [3.05, 3.63) is 89.5 Å². The van der Waals surface area contributed by atoms with Gasteiger partial charge in [-0.1, -0.05) is 24.3 Å². The van der Waals surface area contributed by atoms with Crippen LogP contribution in [0.5, 0.6) is 5.75 Å². The molecule has 0 unspecified atom stereocenters. The lowest BCUT2D eigenvalue weighted by molar-refractivity contribution is 0.0949. The highest BCUT2D eigenvalue weighted by molar-refractivity contribution is 5.93. The number of amides is 1. The van der Waals surface area contributed by atoms with Crippen LogP contribution in [0.1, 0.15) is 33.7 Å². The van der Waals surface area contributed by atoms with Crippen molar-refractivity contribution in [2.75, 3.05) is 6.61 Å². The summed E-state index contributed by atoms with van der Waals surface area (Å²) in [5.41, 5.74) is 4.89. The number of rotatable bonds is 8. The van der Waals surface area contributed by atoms with Crippen LogP contribution in [0.15, 0.2) is 67.0 Å². The number of nitrogens with zero attached hydrogens (tertiary/aromatic N) is 3. The van der Waals surface area contributed by atoms with Crippen LogP contribution in [0.3, 0.4) is 0 Å². The molecule has 31 heavy (non-hydrogen) atoms. The van der Waals surface area contributed by atoms with Crippen molar-refractivity contribution in [3.8, 4) is 5.75 Å². The molecule has 2 aromatic heterocycles. The number of carbonyl (C=O) groups excluding carboxylic acids is 1. The van der Waals surface area contributed by atoms with Gasteiger partial charge in [0.15, 0.2) is 0 Å². The highest BCUT2D eigenvalue weighted by Crippen LogP contribution is 2.20. The van der Waals surface area contributed by atoms with Crippen LogP contribution in [0.25, 0.3) is 11.0 Å². The minimum Gasteiger partial charge on any atom is -0.493 e. The van der Waals surface area contributed by atoms with Gasteiger partial charge in [-0.3, -0.25) is 9.78 Å². The van der Waals surface area contributed by atoms with Gasteiger partial charge in [0, 0.05) is 24.5 Å². The fraction of sp³-hybridized carbons (Fsp3) is 0.240. The highest BCUT2D eigenvalue weighted by atomic mass is 16.5. The molecule has 158 valence electrons. The first-order valence-corrected chi connectivity index (χ1v) is 10.4. The molecule has 6 heteroatoms. The van der Waals surface area contributed by atoms with Gasteiger partial charge in [0.1, 0.15) is 11.6 Å². The zero-order chi connectivity index (χ0) is 21.6. The fourth-order valence-electron chi connectivity index (χ4n) is 3.54. The van der Waals surface area contributed by atoms with E-state index in [0.717, 1.165) is 41.1 Å². The molecule has 0 saturated heterocycles. The Morgan fingerprint density at radius 1 is 1.06 bits per heavy atom. The number of hydrogen-bond acceptors (Lipinski definition) is 4. The summed E-state index contributed by atoms with van der Waals surface area (Å²) in [6.07, 6.45) is 4.05. The van der Waals surface area contributed by atoms with E-state index in [4.69, 9.17) is 9.72 Å². The topological polar surface area (TPSA) is 69.0 Å². The second-order valence-corrected chi connectivity index (χ2v) is 7.56. The molecule has 4 aromatic rings. The number of imidazole rings is 1. The summed E-state index contributed by atoms with van der Waals surface area (Å²) in [7, 11) is 0. The standard InChI is InChI=1S/C25H26N4O2/c1-18-8-9-19(2)23(16-18)31-15-5-14-29-22-7-4-3-6-21(22)28-24(29)17-27-25(30)20-10-12-26-13-11-20/h3-4,6-13,16H,5,14-15,17H2,1-2H3,(H,27,30). The summed E-state index contributed by atoms with van der Waals surface area (Å²) >= 11 is 0. The molecule has 2 heterocycles. The molecule has 4 rings (SSSR count). The number of aromatic nitrogens is 3. The summed E-state index contributed by atoms with van der Waals surface area (Å²) in [6.45, 7) is 5.84. The third-order valence-corrected chi connectivity index (χ3v) is 5.21. The zero-order valence-electron chi connectivity index (χ0n) is 17.8. The molecule has 0 saturated carbocycles.